The Morgan fingerprint density at radius 1 is 1.65 bits per heavy atom. The number of hydrogen-bond donors (Lipinski definition) is 1. The Morgan fingerprint density at radius 3 is 3.06 bits per heavy atom. The summed E-state index contributed by atoms with van der Waals surface area (Å²) in [5, 5.41) is 0. The quantitative estimate of drug-likeness (QED) is 0.762. The molecule has 0 saturated heterocycles. The highest BCUT2D eigenvalue weighted by atomic mass is 32.1. The van der Waals surface area contributed by atoms with Crippen molar-refractivity contribution >= 4 is 23.6 Å². The van der Waals surface area contributed by atoms with Gasteiger partial charge in [-0.3, -0.25) is 9.69 Å². The summed E-state index contributed by atoms with van der Waals surface area (Å²) in [6, 6.07) is -0.485. The number of nitrogens with zero attached hydrogens (tertiary/aromatic N) is 1. The molecule has 1 unspecified atom stereocenters. The minimum absolute atomic E-state index is 0.145. The molecule has 1 amide bonds. The minimum atomic E-state index is -0.485. The molecule has 1 aliphatic rings. The molecule has 3 nitrogen and oxygen atoms in total. The highest BCUT2D eigenvalue weighted by Gasteiger charge is 2.20. The number of carbonyl (C=O) groups excluding carboxylic acids is 1. The van der Waals surface area contributed by atoms with Gasteiger partial charge < -0.3 is 5.73 Å². The summed E-state index contributed by atoms with van der Waals surface area (Å²) in [7, 11) is 0. The first-order valence-corrected chi connectivity index (χ1v) is 6.25. The van der Waals surface area contributed by atoms with E-state index in [4.69, 9.17) is 18.0 Å². The lowest BCUT2D eigenvalue weighted by Crippen LogP contribution is -2.41. The van der Waals surface area contributed by atoms with Crippen molar-refractivity contribution in [2.24, 2.45) is 5.73 Å². The molecule has 1 atom stereocenters. The molecule has 0 fully saturated rings. The summed E-state index contributed by atoms with van der Waals surface area (Å²) in [5.74, 6) is -0.145. The number of carbonyl (C=O) groups is 1. The second-order valence-corrected chi connectivity index (χ2v) is 4.08. The van der Waals surface area contributed by atoms with Gasteiger partial charge in [0, 0.05) is 5.70 Å². The van der Waals surface area contributed by atoms with Crippen LogP contribution < -0.4 is 5.73 Å². The van der Waals surface area contributed by atoms with E-state index in [9.17, 15) is 4.79 Å². The van der Waals surface area contributed by atoms with Crippen LogP contribution in [0.2, 0.25) is 0 Å². The van der Waals surface area contributed by atoms with Gasteiger partial charge in [0.2, 0.25) is 5.91 Å². The Labute approximate surface area is 108 Å². The topological polar surface area (TPSA) is 46.3 Å². The molecule has 0 radical (unpaired) electrons. The molecule has 0 aliphatic heterocycles. The fourth-order valence-corrected chi connectivity index (χ4v) is 1.81. The van der Waals surface area contributed by atoms with Gasteiger partial charge in [0.05, 0.1) is 11.5 Å². The number of hydrogen-bond acceptors (Lipinski definition) is 3. The van der Waals surface area contributed by atoms with Crippen LogP contribution in [0, 0.1) is 0 Å². The van der Waals surface area contributed by atoms with Crippen molar-refractivity contribution in [3.8, 4) is 0 Å². The van der Waals surface area contributed by atoms with E-state index in [1.807, 2.05) is 37.3 Å². The molecule has 0 bridgehead atoms. The molecule has 0 heterocycles. The molecule has 1 rings (SSSR count). The first-order chi connectivity index (χ1) is 8.20. The fourth-order valence-electron chi connectivity index (χ4n) is 1.58. The van der Waals surface area contributed by atoms with Crippen LogP contribution in [-0.2, 0) is 4.79 Å². The van der Waals surface area contributed by atoms with Crippen LogP contribution in [0.25, 0.3) is 0 Å². The lowest BCUT2D eigenvalue weighted by atomic mass is 10.1. The van der Waals surface area contributed by atoms with E-state index in [2.05, 4.69) is 0 Å². The maximum Gasteiger partial charge on any atom is 0.248 e. The van der Waals surface area contributed by atoms with Crippen molar-refractivity contribution in [3.05, 3.63) is 36.1 Å². The Hall–Kier alpha value is -1.26. The lowest BCUT2D eigenvalue weighted by Gasteiger charge is -2.21. The number of rotatable bonds is 5. The summed E-state index contributed by atoms with van der Waals surface area (Å²) in [4.78, 5) is 13.5. The number of allylic oxidation sites excluding steroid dienone is 5. The van der Waals surface area contributed by atoms with Crippen molar-refractivity contribution in [1.82, 2.24) is 4.90 Å². The second kappa shape index (κ2) is 7.14. The molecule has 0 spiro atoms. The standard InChI is InChI=1S/C13H18N2OS/c1-2-7-12(14)13(16)15(10-17)11-8-5-3-4-6-9-11/h3,5-6,8-10,12H,2,4,7,14H2,1H3. The summed E-state index contributed by atoms with van der Waals surface area (Å²) < 4.78 is 0. The van der Waals surface area contributed by atoms with E-state index < -0.39 is 6.04 Å². The van der Waals surface area contributed by atoms with Gasteiger partial charge in [0.1, 0.15) is 0 Å². The van der Waals surface area contributed by atoms with E-state index in [-0.39, 0.29) is 5.91 Å². The van der Waals surface area contributed by atoms with Crippen LogP contribution in [0.4, 0.5) is 0 Å². The molecule has 4 heteroatoms. The zero-order chi connectivity index (χ0) is 12.7. The molecule has 0 saturated carbocycles. The lowest BCUT2D eigenvalue weighted by molar-refractivity contribution is -0.127. The van der Waals surface area contributed by atoms with Gasteiger partial charge in [0.15, 0.2) is 0 Å². The Morgan fingerprint density at radius 2 is 2.41 bits per heavy atom. The molecule has 0 aromatic rings. The van der Waals surface area contributed by atoms with Crippen molar-refractivity contribution < 1.29 is 4.79 Å². The highest BCUT2D eigenvalue weighted by molar-refractivity contribution is 7.78. The predicted molar refractivity (Wildman–Crippen MR) is 74.4 cm³/mol. The van der Waals surface area contributed by atoms with Crippen molar-refractivity contribution in [2.75, 3.05) is 0 Å². The minimum Gasteiger partial charge on any atom is -0.320 e. The Bertz CT molecular complexity index is 372. The molecule has 17 heavy (non-hydrogen) atoms. The van der Waals surface area contributed by atoms with Gasteiger partial charge in [-0.25, -0.2) is 0 Å². The SMILES string of the molecule is CCCC(N)C(=O)N(C=S)C1=CC=CCC=C1. The first kappa shape index (κ1) is 13.8. The maximum atomic E-state index is 12.1. The fraction of sp³-hybridized carbons (Fsp3) is 0.385. The van der Waals surface area contributed by atoms with Crippen LogP contribution in [0.5, 0.6) is 0 Å². The van der Waals surface area contributed by atoms with Gasteiger partial charge in [-0.2, -0.15) is 0 Å². The van der Waals surface area contributed by atoms with Gasteiger partial charge in [0.25, 0.3) is 0 Å². The number of thiocarbonyl (C=S) groups is 1. The maximum absolute atomic E-state index is 12.1. The molecule has 92 valence electrons. The Kier molecular flexibility index (Phi) is 5.80. The summed E-state index contributed by atoms with van der Waals surface area (Å²) in [6.07, 6.45) is 12.1. The normalized spacial score (nSPS) is 16.0. The monoisotopic (exact) mass is 250 g/mol. The third-order valence-corrected chi connectivity index (χ3v) is 2.71. The van der Waals surface area contributed by atoms with E-state index in [1.54, 1.807) is 0 Å². The number of amides is 1. The summed E-state index contributed by atoms with van der Waals surface area (Å²) in [6.45, 7) is 2.00. The average Bonchev–Trinajstić information content (AvgIpc) is 2.59. The van der Waals surface area contributed by atoms with Crippen molar-refractivity contribution in [3.63, 3.8) is 0 Å². The van der Waals surface area contributed by atoms with Gasteiger partial charge in [-0.05, 0) is 25.0 Å². The second-order valence-electron chi connectivity index (χ2n) is 3.87. The molecule has 0 aromatic heterocycles. The zero-order valence-electron chi connectivity index (χ0n) is 10.0. The van der Waals surface area contributed by atoms with Crippen molar-refractivity contribution in [1.29, 1.82) is 0 Å². The first-order valence-electron chi connectivity index (χ1n) is 5.78. The smallest absolute Gasteiger partial charge is 0.248 e. The molecular weight excluding hydrogens is 232 g/mol. The highest BCUT2D eigenvalue weighted by Crippen LogP contribution is 2.11. The third kappa shape index (κ3) is 3.91. The van der Waals surface area contributed by atoms with Crippen LogP contribution in [-0.4, -0.2) is 22.3 Å². The largest absolute Gasteiger partial charge is 0.320 e. The molecule has 0 aromatic carbocycles. The van der Waals surface area contributed by atoms with E-state index in [0.29, 0.717) is 6.42 Å². The van der Waals surface area contributed by atoms with Crippen molar-refractivity contribution in [2.45, 2.75) is 32.2 Å². The number of nitrogens with two attached hydrogens (primary N) is 1. The van der Waals surface area contributed by atoms with Crippen LogP contribution in [0.3, 0.4) is 0 Å². The Balaban J connectivity index is 2.83. The third-order valence-electron chi connectivity index (χ3n) is 2.50. The molecular formula is C13H18N2OS. The van der Waals surface area contributed by atoms with Gasteiger partial charge in [-0.1, -0.05) is 43.8 Å². The summed E-state index contributed by atoms with van der Waals surface area (Å²) >= 11 is 4.90. The van der Waals surface area contributed by atoms with Gasteiger partial charge >= 0.3 is 0 Å². The van der Waals surface area contributed by atoms with Crippen LogP contribution in [0.15, 0.2) is 36.1 Å². The molecule has 1 aliphatic carbocycles. The van der Waals surface area contributed by atoms with Crippen LogP contribution >= 0.6 is 12.2 Å². The van der Waals surface area contributed by atoms with Crippen LogP contribution in [0.1, 0.15) is 26.2 Å². The summed E-state index contributed by atoms with van der Waals surface area (Å²) in [5.41, 5.74) is 7.95. The van der Waals surface area contributed by atoms with E-state index in [0.717, 1.165) is 18.5 Å². The molecule has 2 N–H and O–H groups in total. The zero-order valence-corrected chi connectivity index (χ0v) is 10.8. The predicted octanol–water partition coefficient (Wildman–Crippen LogP) is 2.30. The van der Waals surface area contributed by atoms with Gasteiger partial charge in [-0.15, -0.1) is 0 Å². The van der Waals surface area contributed by atoms with E-state index in [1.165, 1.54) is 10.4 Å². The average molecular weight is 250 g/mol. The van der Waals surface area contributed by atoms with E-state index >= 15 is 0 Å².